The molecule has 3 N–H and O–H groups in total. The molecule has 1 heterocycles. The molecule has 0 amide bonds. The van der Waals surface area contributed by atoms with Gasteiger partial charge < -0.3 is 11.1 Å². The molecule has 0 aromatic heterocycles. The third kappa shape index (κ3) is 5.89. The Hall–Kier alpha value is 0.270. The molecule has 0 radical (unpaired) electrons. The van der Waals surface area contributed by atoms with Gasteiger partial charge in [-0.15, -0.1) is 0 Å². The molecule has 2 atom stereocenters. The molecule has 0 aromatic rings. The van der Waals surface area contributed by atoms with Gasteiger partial charge in [0.1, 0.15) is 0 Å². The van der Waals surface area contributed by atoms with Gasteiger partial charge >= 0.3 is 0 Å². The Labute approximate surface area is 92.4 Å². The fourth-order valence-electron chi connectivity index (χ4n) is 1.81. The molecule has 1 aliphatic rings. The van der Waals surface area contributed by atoms with E-state index in [4.69, 9.17) is 5.73 Å². The Bertz CT molecular complexity index is 133. The lowest BCUT2D eigenvalue weighted by molar-refractivity contribution is 0.553. The first-order valence-electron chi connectivity index (χ1n) is 5.86. The van der Waals surface area contributed by atoms with Crippen LogP contribution < -0.4 is 11.1 Å². The van der Waals surface area contributed by atoms with Crippen LogP contribution in [-0.4, -0.2) is 30.1 Å². The quantitative estimate of drug-likeness (QED) is 0.639. The van der Waals surface area contributed by atoms with Crippen LogP contribution in [-0.2, 0) is 0 Å². The van der Waals surface area contributed by atoms with Crippen molar-refractivity contribution in [2.24, 2.45) is 5.73 Å². The molecule has 1 saturated heterocycles. The molecule has 0 aromatic carbocycles. The largest absolute Gasteiger partial charge is 0.328 e. The lowest BCUT2D eigenvalue weighted by Crippen LogP contribution is -2.21. The third-order valence-corrected chi connectivity index (χ3v) is 3.82. The van der Waals surface area contributed by atoms with Gasteiger partial charge in [-0.2, -0.15) is 11.8 Å². The van der Waals surface area contributed by atoms with E-state index >= 15 is 0 Å². The van der Waals surface area contributed by atoms with Crippen LogP contribution in [0.3, 0.4) is 0 Å². The summed E-state index contributed by atoms with van der Waals surface area (Å²) in [6.45, 7) is 3.32. The number of nitrogens with two attached hydrogens (primary N) is 1. The van der Waals surface area contributed by atoms with E-state index in [-0.39, 0.29) is 0 Å². The van der Waals surface area contributed by atoms with E-state index in [0.717, 1.165) is 12.5 Å². The topological polar surface area (TPSA) is 38.0 Å². The highest BCUT2D eigenvalue weighted by Gasteiger charge is 2.12. The molecule has 1 rings (SSSR count). The van der Waals surface area contributed by atoms with Crippen molar-refractivity contribution in [1.82, 2.24) is 5.32 Å². The molecule has 2 nitrogen and oxygen atoms in total. The minimum absolute atomic E-state index is 0.374. The SMILES string of the molecule is CC(N)CCSCCCC1CCCN1. The maximum Gasteiger partial charge on any atom is 0.00678 e. The summed E-state index contributed by atoms with van der Waals surface area (Å²) in [6, 6.07) is 1.20. The van der Waals surface area contributed by atoms with Gasteiger partial charge in [-0.3, -0.25) is 0 Å². The first-order valence-corrected chi connectivity index (χ1v) is 7.01. The van der Waals surface area contributed by atoms with Gasteiger partial charge in [0.25, 0.3) is 0 Å². The van der Waals surface area contributed by atoms with E-state index in [0.29, 0.717) is 6.04 Å². The summed E-state index contributed by atoms with van der Waals surface area (Å²) in [5.41, 5.74) is 5.68. The second-order valence-electron chi connectivity index (χ2n) is 4.31. The first-order chi connectivity index (χ1) is 6.79. The van der Waals surface area contributed by atoms with Gasteiger partial charge in [0.2, 0.25) is 0 Å². The van der Waals surface area contributed by atoms with Crippen LogP contribution in [0.2, 0.25) is 0 Å². The second-order valence-corrected chi connectivity index (χ2v) is 5.54. The van der Waals surface area contributed by atoms with Crippen LogP contribution in [0.15, 0.2) is 0 Å². The van der Waals surface area contributed by atoms with Crippen LogP contribution >= 0.6 is 11.8 Å². The minimum atomic E-state index is 0.374. The van der Waals surface area contributed by atoms with Gasteiger partial charge in [0.15, 0.2) is 0 Å². The molecule has 1 aliphatic heterocycles. The lowest BCUT2D eigenvalue weighted by atomic mass is 10.1. The number of rotatable bonds is 7. The normalized spacial score (nSPS) is 24.0. The molecule has 1 fully saturated rings. The number of hydrogen-bond acceptors (Lipinski definition) is 3. The van der Waals surface area contributed by atoms with E-state index < -0.39 is 0 Å². The summed E-state index contributed by atoms with van der Waals surface area (Å²) >= 11 is 2.06. The maximum atomic E-state index is 5.68. The maximum absolute atomic E-state index is 5.68. The van der Waals surface area contributed by atoms with E-state index in [1.54, 1.807) is 0 Å². The predicted octanol–water partition coefficient (Wildman–Crippen LogP) is 1.99. The van der Waals surface area contributed by atoms with Crippen LogP contribution in [0.1, 0.15) is 39.0 Å². The fourth-order valence-corrected chi connectivity index (χ4v) is 2.92. The van der Waals surface area contributed by atoms with Crippen molar-refractivity contribution in [3.05, 3.63) is 0 Å². The van der Waals surface area contributed by atoms with Gasteiger partial charge in [-0.25, -0.2) is 0 Å². The molecular formula is C11H24N2S. The monoisotopic (exact) mass is 216 g/mol. The Balaban J connectivity index is 1.79. The molecule has 0 saturated carbocycles. The average Bonchev–Trinajstić information content (AvgIpc) is 2.63. The molecule has 14 heavy (non-hydrogen) atoms. The van der Waals surface area contributed by atoms with Gasteiger partial charge in [0.05, 0.1) is 0 Å². The summed E-state index contributed by atoms with van der Waals surface area (Å²) in [4.78, 5) is 0. The van der Waals surface area contributed by atoms with Crippen LogP contribution in [0.25, 0.3) is 0 Å². The zero-order valence-corrected chi connectivity index (χ0v) is 10.1. The summed E-state index contributed by atoms with van der Waals surface area (Å²) in [6.07, 6.45) is 6.66. The average molecular weight is 216 g/mol. The molecule has 0 aliphatic carbocycles. The van der Waals surface area contributed by atoms with Crippen LogP contribution in [0.4, 0.5) is 0 Å². The standard InChI is InChI=1S/C11H24N2S/c1-10(12)6-9-14-8-3-5-11-4-2-7-13-11/h10-11,13H,2-9,12H2,1H3. The second kappa shape index (κ2) is 7.55. The number of thioether (sulfide) groups is 1. The van der Waals surface area contributed by atoms with E-state index in [2.05, 4.69) is 24.0 Å². The van der Waals surface area contributed by atoms with Crippen molar-refractivity contribution >= 4 is 11.8 Å². The molecule has 2 unspecified atom stereocenters. The molecule has 84 valence electrons. The fraction of sp³-hybridized carbons (Fsp3) is 1.00. The summed E-state index contributed by atoms with van der Waals surface area (Å²) in [5.74, 6) is 2.54. The van der Waals surface area contributed by atoms with Gasteiger partial charge in [-0.1, -0.05) is 0 Å². The minimum Gasteiger partial charge on any atom is -0.328 e. The Morgan fingerprint density at radius 2 is 2.36 bits per heavy atom. The van der Waals surface area contributed by atoms with Gasteiger partial charge in [0, 0.05) is 12.1 Å². The highest BCUT2D eigenvalue weighted by atomic mass is 32.2. The van der Waals surface area contributed by atoms with Gasteiger partial charge in [-0.05, 0) is 57.1 Å². The molecule has 0 spiro atoms. The summed E-state index contributed by atoms with van der Waals surface area (Å²) in [7, 11) is 0. The third-order valence-electron chi connectivity index (χ3n) is 2.72. The molecular weight excluding hydrogens is 192 g/mol. The zero-order chi connectivity index (χ0) is 10.2. The predicted molar refractivity (Wildman–Crippen MR) is 65.9 cm³/mol. The highest BCUT2D eigenvalue weighted by molar-refractivity contribution is 7.99. The summed E-state index contributed by atoms with van der Waals surface area (Å²) < 4.78 is 0. The van der Waals surface area contributed by atoms with Crippen molar-refractivity contribution in [1.29, 1.82) is 0 Å². The van der Waals surface area contributed by atoms with Crippen LogP contribution in [0, 0.1) is 0 Å². The summed E-state index contributed by atoms with van der Waals surface area (Å²) in [5, 5.41) is 3.54. The number of nitrogens with one attached hydrogen (secondary N) is 1. The van der Waals surface area contributed by atoms with Crippen molar-refractivity contribution in [3.8, 4) is 0 Å². The van der Waals surface area contributed by atoms with Crippen molar-refractivity contribution in [2.45, 2.75) is 51.1 Å². The molecule has 3 heteroatoms. The van der Waals surface area contributed by atoms with E-state index in [9.17, 15) is 0 Å². The Morgan fingerprint density at radius 1 is 1.50 bits per heavy atom. The first kappa shape index (κ1) is 12.3. The smallest absolute Gasteiger partial charge is 0.00678 e. The van der Waals surface area contributed by atoms with Crippen molar-refractivity contribution in [2.75, 3.05) is 18.1 Å². The van der Waals surface area contributed by atoms with Crippen molar-refractivity contribution in [3.63, 3.8) is 0 Å². The number of hydrogen-bond donors (Lipinski definition) is 2. The zero-order valence-electron chi connectivity index (χ0n) is 9.30. The Morgan fingerprint density at radius 3 is 3.00 bits per heavy atom. The highest BCUT2D eigenvalue weighted by Crippen LogP contribution is 2.13. The van der Waals surface area contributed by atoms with Crippen LogP contribution in [0.5, 0.6) is 0 Å². The van der Waals surface area contributed by atoms with E-state index in [1.807, 2.05) is 0 Å². The molecule has 0 bridgehead atoms. The lowest BCUT2D eigenvalue weighted by Gasteiger charge is -2.09. The van der Waals surface area contributed by atoms with E-state index in [1.165, 1.54) is 43.7 Å². The van der Waals surface area contributed by atoms with Crippen molar-refractivity contribution < 1.29 is 0 Å². The Kier molecular flexibility index (Phi) is 6.65.